The van der Waals surface area contributed by atoms with Gasteiger partial charge < -0.3 is 0 Å². The van der Waals surface area contributed by atoms with Gasteiger partial charge in [-0.15, -0.1) is 5.10 Å². The van der Waals surface area contributed by atoms with E-state index in [4.69, 9.17) is 0 Å². The van der Waals surface area contributed by atoms with Crippen LogP contribution in [0.3, 0.4) is 0 Å². The first-order chi connectivity index (χ1) is 10.6. The second kappa shape index (κ2) is 6.06. The summed E-state index contributed by atoms with van der Waals surface area (Å²) in [5, 5.41) is 13.0. The Morgan fingerprint density at radius 1 is 1.36 bits per heavy atom. The minimum atomic E-state index is -0.399. The molecule has 9 heteroatoms. The number of amides is 1. The molecule has 0 radical (unpaired) electrons. The summed E-state index contributed by atoms with van der Waals surface area (Å²) in [5.41, 5.74) is 1.16. The fourth-order valence-electron chi connectivity index (χ4n) is 1.80. The molecular weight excluding hydrogens is 355 g/mol. The largest absolute Gasteiger partial charge is 0.288 e. The SMILES string of the molecule is O=C(Nc1ncn(Cc2ccc(F)cc2)n1)c1[nH]ncc1Br. The number of aromatic nitrogens is 5. The van der Waals surface area contributed by atoms with Crippen molar-refractivity contribution >= 4 is 27.8 Å². The van der Waals surface area contributed by atoms with E-state index < -0.39 is 5.91 Å². The first-order valence-corrected chi connectivity index (χ1v) is 7.05. The van der Waals surface area contributed by atoms with Crippen LogP contribution in [0.5, 0.6) is 0 Å². The van der Waals surface area contributed by atoms with Crippen LogP contribution in [0, 0.1) is 5.82 Å². The molecule has 1 amide bonds. The lowest BCUT2D eigenvalue weighted by molar-refractivity contribution is 0.102. The molecule has 0 aliphatic rings. The van der Waals surface area contributed by atoms with Crippen LogP contribution in [0.4, 0.5) is 10.3 Å². The maximum absolute atomic E-state index is 12.8. The van der Waals surface area contributed by atoms with Crippen LogP contribution in [-0.4, -0.2) is 30.9 Å². The zero-order valence-electron chi connectivity index (χ0n) is 11.1. The zero-order valence-corrected chi connectivity index (χ0v) is 12.7. The number of anilines is 1. The molecule has 1 aromatic carbocycles. The average Bonchev–Trinajstić information content (AvgIpc) is 3.10. The molecule has 2 aromatic heterocycles. The van der Waals surface area contributed by atoms with Gasteiger partial charge in [-0.05, 0) is 33.6 Å². The quantitative estimate of drug-likeness (QED) is 0.742. The van der Waals surface area contributed by atoms with Gasteiger partial charge in [0.05, 0.1) is 17.2 Å². The van der Waals surface area contributed by atoms with Crippen LogP contribution >= 0.6 is 15.9 Å². The molecule has 0 fully saturated rings. The van der Waals surface area contributed by atoms with Crippen molar-refractivity contribution in [3.05, 3.63) is 58.3 Å². The molecule has 0 bridgehead atoms. The molecule has 0 atom stereocenters. The monoisotopic (exact) mass is 364 g/mol. The van der Waals surface area contributed by atoms with E-state index in [9.17, 15) is 9.18 Å². The van der Waals surface area contributed by atoms with Gasteiger partial charge in [0, 0.05) is 0 Å². The molecule has 3 aromatic rings. The number of hydrogen-bond acceptors (Lipinski definition) is 4. The van der Waals surface area contributed by atoms with Gasteiger partial charge in [0.15, 0.2) is 0 Å². The Kier molecular flexibility index (Phi) is 3.96. The summed E-state index contributed by atoms with van der Waals surface area (Å²) >= 11 is 3.20. The Balaban J connectivity index is 1.67. The van der Waals surface area contributed by atoms with Crippen molar-refractivity contribution in [3.63, 3.8) is 0 Å². The minimum absolute atomic E-state index is 0.175. The Hall–Kier alpha value is -2.55. The van der Waals surface area contributed by atoms with E-state index in [2.05, 4.69) is 41.5 Å². The molecule has 22 heavy (non-hydrogen) atoms. The molecule has 0 aliphatic carbocycles. The Labute approximate surface area is 132 Å². The second-order valence-electron chi connectivity index (χ2n) is 4.44. The number of rotatable bonds is 4. The molecule has 0 saturated heterocycles. The first kappa shape index (κ1) is 14.4. The normalized spacial score (nSPS) is 10.6. The molecule has 2 heterocycles. The number of nitrogens with zero attached hydrogens (tertiary/aromatic N) is 4. The predicted octanol–water partition coefficient (Wildman–Crippen LogP) is 2.20. The number of carbonyl (C=O) groups excluding carboxylic acids is 1. The van der Waals surface area contributed by atoms with Crippen LogP contribution in [0.25, 0.3) is 0 Å². The van der Waals surface area contributed by atoms with Gasteiger partial charge in [-0.1, -0.05) is 12.1 Å². The number of hydrogen-bond donors (Lipinski definition) is 2. The summed E-state index contributed by atoms with van der Waals surface area (Å²) in [7, 11) is 0. The first-order valence-electron chi connectivity index (χ1n) is 6.26. The third-order valence-electron chi connectivity index (χ3n) is 2.84. The van der Waals surface area contributed by atoms with Crippen molar-refractivity contribution in [3.8, 4) is 0 Å². The molecule has 0 unspecified atom stereocenters. The van der Waals surface area contributed by atoms with Crippen molar-refractivity contribution in [1.29, 1.82) is 0 Å². The number of nitrogens with one attached hydrogen (secondary N) is 2. The Morgan fingerprint density at radius 2 is 2.14 bits per heavy atom. The highest BCUT2D eigenvalue weighted by atomic mass is 79.9. The van der Waals surface area contributed by atoms with Crippen LogP contribution in [-0.2, 0) is 6.54 Å². The van der Waals surface area contributed by atoms with E-state index in [1.807, 2.05) is 0 Å². The molecule has 0 spiro atoms. The van der Waals surface area contributed by atoms with E-state index in [1.54, 1.807) is 16.8 Å². The Bertz CT molecular complexity index is 797. The standard InChI is InChI=1S/C13H10BrFN6O/c14-10-5-17-19-11(10)12(22)18-13-16-7-21(20-13)6-8-1-3-9(15)4-2-8/h1-5,7H,6H2,(H,17,19)(H,18,20,22). The lowest BCUT2D eigenvalue weighted by atomic mass is 10.2. The van der Waals surface area contributed by atoms with Gasteiger partial charge in [0.2, 0.25) is 5.95 Å². The number of carbonyl (C=O) groups is 1. The maximum atomic E-state index is 12.8. The molecule has 2 N–H and O–H groups in total. The summed E-state index contributed by atoms with van der Waals surface area (Å²) in [6, 6.07) is 6.09. The number of aromatic amines is 1. The van der Waals surface area contributed by atoms with E-state index in [0.717, 1.165) is 5.56 Å². The summed E-state index contributed by atoms with van der Waals surface area (Å²) in [4.78, 5) is 16.0. The van der Waals surface area contributed by atoms with Gasteiger partial charge in [-0.3, -0.25) is 15.2 Å². The van der Waals surface area contributed by atoms with Crippen LogP contribution in [0.2, 0.25) is 0 Å². The summed E-state index contributed by atoms with van der Waals surface area (Å²) in [6.07, 6.45) is 2.97. The molecule has 0 saturated carbocycles. The highest BCUT2D eigenvalue weighted by Crippen LogP contribution is 2.14. The smallest absolute Gasteiger partial charge is 0.277 e. The van der Waals surface area contributed by atoms with E-state index in [-0.39, 0.29) is 17.5 Å². The van der Waals surface area contributed by atoms with Crippen molar-refractivity contribution < 1.29 is 9.18 Å². The van der Waals surface area contributed by atoms with E-state index in [1.165, 1.54) is 24.7 Å². The highest BCUT2D eigenvalue weighted by molar-refractivity contribution is 9.10. The summed E-state index contributed by atoms with van der Waals surface area (Å²) < 4.78 is 14.9. The lowest BCUT2D eigenvalue weighted by Gasteiger charge is -2.01. The maximum Gasteiger partial charge on any atom is 0.277 e. The molecule has 0 aliphatic heterocycles. The number of halogens is 2. The van der Waals surface area contributed by atoms with Crippen LogP contribution in [0.15, 0.2) is 41.3 Å². The van der Waals surface area contributed by atoms with Gasteiger partial charge in [0.25, 0.3) is 5.91 Å². The van der Waals surface area contributed by atoms with Crippen molar-refractivity contribution in [2.45, 2.75) is 6.54 Å². The zero-order chi connectivity index (χ0) is 15.5. The number of benzene rings is 1. The van der Waals surface area contributed by atoms with Crippen LogP contribution in [0.1, 0.15) is 16.1 Å². The number of H-pyrrole nitrogens is 1. The van der Waals surface area contributed by atoms with E-state index in [0.29, 0.717) is 11.0 Å². The van der Waals surface area contributed by atoms with Crippen molar-refractivity contribution in [2.75, 3.05) is 5.32 Å². The highest BCUT2D eigenvalue weighted by Gasteiger charge is 2.14. The fourth-order valence-corrected chi connectivity index (χ4v) is 2.17. The summed E-state index contributed by atoms with van der Waals surface area (Å²) in [5.74, 6) is -0.516. The molecule has 3 rings (SSSR count). The minimum Gasteiger partial charge on any atom is -0.288 e. The molecule has 112 valence electrons. The van der Waals surface area contributed by atoms with Gasteiger partial charge in [-0.25, -0.2) is 14.1 Å². The van der Waals surface area contributed by atoms with Crippen LogP contribution < -0.4 is 5.32 Å². The van der Waals surface area contributed by atoms with Crippen molar-refractivity contribution in [1.82, 2.24) is 25.0 Å². The predicted molar refractivity (Wildman–Crippen MR) is 79.8 cm³/mol. The average molecular weight is 365 g/mol. The molecule has 7 nitrogen and oxygen atoms in total. The third kappa shape index (κ3) is 3.19. The fraction of sp³-hybridized carbons (Fsp3) is 0.0769. The van der Waals surface area contributed by atoms with Gasteiger partial charge in [-0.2, -0.15) is 5.10 Å². The van der Waals surface area contributed by atoms with Gasteiger partial charge >= 0.3 is 0 Å². The van der Waals surface area contributed by atoms with E-state index >= 15 is 0 Å². The topological polar surface area (TPSA) is 88.5 Å². The molecular formula is C13H10BrFN6O. The van der Waals surface area contributed by atoms with Crippen molar-refractivity contribution in [2.24, 2.45) is 0 Å². The van der Waals surface area contributed by atoms with Gasteiger partial charge in [0.1, 0.15) is 17.8 Å². The second-order valence-corrected chi connectivity index (χ2v) is 5.29. The third-order valence-corrected chi connectivity index (χ3v) is 3.44. The summed E-state index contributed by atoms with van der Waals surface area (Å²) in [6.45, 7) is 0.427. The Morgan fingerprint density at radius 3 is 2.82 bits per heavy atom. The lowest BCUT2D eigenvalue weighted by Crippen LogP contribution is -2.14.